The summed E-state index contributed by atoms with van der Waals surface area (Å²) in [5.41, 5.74) is 0. The van der Waals surface area contributed by atoms with E-state index in [0.717, 1.165) is 0 Å². The molecule has 70 heavy (non-hydrogen) atoms. The maximum absolute atomic E-state index is 4.58. The van der Waals surface area contributed by atoms with Gasteiger partial charge in [0.1, 0.15) is 19.0 Å². The minimum absolute atomic E-state index is 1.31. The molecule has 0 radical (unpaired) electrons. The molecule has 0 amide bonds. The van der Waals surface area contributed by atoms with Crippen LogP contribution in [-0.2, 0) is 0 Å². The second-order valence-corrected chi connectivity index (χ2v) is 9.39. The van der Waals surface area contributed by atoms with E-state index in [1.807, 2.05) is 221 Å². The maximum Gasteiger partial charge on any atom is 0.119 e. The van der Waals surface area contributed by atoms with Crippen molar-refractivity contribution in [2.45, 2.75) is 166 Å². The van der Waals surface area contributed by atoms with Crippen LogP contribution in [0.3, 0.4) is 0 Å². The number of nitrogens with one attached hydrogen (secondary N) is 1. The van der Waals surface area contributed by atoms with Crippen molar-refractivity contribution in [1.82, 2.24) is 24.9 Å². The molecular formula is C64H107N5O. The molecule has 0 fully saturated rings. The van der Waals surface area contributed by atoms with Gasteiger partial charge < -0.3 is 9.40 Å². The van der Waals surface area contributed by atoms with Crippen LogP contribution in [0.1, 0.15) is 166 Å². The Hall–Kier alpha value is -6.40. The number of furan rings is 1. The molecule has 0 unspecified atom stereocenters. The predicted octanol–water partition coefficient (Wildman–Crippen LogP) is 22.4. The first kappa shape index (κ1) is 83.6. The van der Waals surface area contributed by atoms with Gasteiger partial charge in [-0.2, -0.15) is 0 Å². The minimum atomic E-state index is 1.31. The fourth-order valence-electron chi connectivity index (χ4n) is 4.04. The topological polar surface area (TPSA) is 80.5 Å². The van der Waals surface area contributed by atoms with Gasteiger partial charge in [-0.15, -0.1) is 0 Å². The number of fused-ring (bicyclic) bond motifs is 3. The molecule has 6 nitrogen and oxygen atoms in total. The number of benzene rings is 5. The quantitative estimate of drug-likeness (QED) is 0.153. The number of hydrogen-bond acceptors (Lipinski definition) is 5. The highest BCUT2D eigenvalue weighted by Gasteiger charge is 1.95. The first-order valence-corrected chi connectivity index (χ1v) is 26.7. The summed E-state index contributed by atoms with van der Waals surface area (Å²) in [6.45, 7) is 48.0. The fraction of sp³-hybridized carbons (Fsp3) is 0.375. The molecular weight excluding hydrogens is 855 g/mol. The number of nitrogens with zero attached hydrogens (tertiary/aromatic N) is 4. The zero-order chi connectivity index (χ0) is 55.7. The molecule has 0 aliphatic heterocycles. The summed E-state index contributed by atoms with van der Waals surface area (Å²) in [6.07, 6.45) is 14.8. The fourth-order valence-corrected chi connectivity index (χ4v) is 4.04. The highest BCUT2D eigenvalue weighted by Crippen LogP contribution is 2.22. The van der Waals surface area contributed by atoms with Gasteiger partial charge in [0.2, 0.25) is 0 Å². The van der Waals surface area contributed by atoms with Crippen LogP contribution in [0.5, 0.6) is 0 Å². The number of rotatable bonds is 0. The molecule has 0 aliphatic rings. The molecule has 9 rings (SSSR count). The van der Waals surface area contributed by atoms with Crippen molar-refractivity contribution in [3.63, 3.8) is 0 Å². The van der Waals surface area contributed by atoms with Gasteiger partial charge in [0.25, 0.3) is 0 Å². The zero-order valence-electron chi connectivity index (χ0n) is 49.3. The van der Waals surface area contributed by atoms with E-state index in [9.17, 15) is 0 Å². The zero-order valence-corrected chi connectivity index (χ0v) is 49.3. The number of aromatic amines is 1. The lowest BCUT2D eigenvalue weighted by Gasteiger charge is -2.00. The first-order valence-electron chi connectivity index (χ1n) is 26.7. The Balaban J connectivity index is -0.0000000860. The SMILES string of the molecule is CC.CC.CC.CC.CC.CC.CC.CC.CC.CC.CC.CC.c1cc[nH]c1.c1ccc2cc3ccccc3cc2c1.c1ccc2ccccc2c1.c1ccncc1.c1ccoc1.c1ncncn1. The van der Waals surface area contributed by atoms with Gasteiger partial charge in [-0.1, -0.05) is 269 Å². The van der Waals surface area contributed by atoms with Crippen LogP contribution in [0.4, 0.5) is 0 Å². The summed E-state index contributed by atoms with van der Waals surface area (Å²) < 4.78 is 4.58. The van der Waals surface area contributed by atoms with Crippen LogP contribution < -0.4 is 0 Å². The average molecular weight is 963 g/mol. The van der Waals surface area contributed by atoms with Crippen LogP contribution in [0.15, 0.2) is 212 Å². The largest absolute Gasteiger partial charge is 0.473 e. The van der Waals surface area contributed by atoms with Gasteiger partial charge in [-0.05, 0) is 80.8 Å². The average Bonchev–Trinajstić information content (AvgIpc) is 4.33. The van der Waals surface area contributed by atoms with Crippen molar-refractivity contribution in [2.75, 3.05) is 0 Å². The Labute approximate surface area is 434 Å². The third-order valence-corrected chi connectivity index (χ3v) is 6.16. The van der Waals surface area contributed by atoms with Crippen LogP contribution in [0.25, 0.3) is 32.3 Å². The summed E-state index contributed by atoms with van der Waals surface area (Å²) in [6, 6.07) is 51.4. The normalized spacial score (nSPS) is 7.14. The second kappa shape index (κ2) is 89.2. The third kappa shape index (κ3) is 55.9. The molecule has 9 aromatic rings. The molecule has 4 aromatic heterocycles. The highest BCUT2D eigenvalue weighted by molar-refractivity contribution is 5.98. The monoisotopic (exact) mass is 962 g/mol. The lowest BCUT2D eigenvalue weighted by molar-refractivity contribution is 0.567. The van der Waals surface area contributed by atoms with Crippen LogP contribution in [0, 0.1) is 0 Å². The van der Waals surface area contributed by atoms with Crippen LogP contribution in [-0.4, -0.2) is 24.9 Å². The predicted molar refractivity (Wildman–Crippen MR) is 325 cm³/mol. The smallest absolute Gasteiger partial charge is 0.119 e. The van der Waals surface area contributed by atoms with Crippen molar-refractivity contribution < 1.29 is 4.42 Å². The Morgan fingerprint density at radius 2 is 0.500 bits per heavy atom. The van der Waals surface area contributed by atoms with Crippen LogP contribution in [0.2, 0.25) is 0 Å². The Bertz CT molecular complexity index is 1690. The van der Waals surface area contributed by atoms with E-state index in [-0.39, 0.29) is 0 Å². The van der Waals surface area contributed by atoms with Gasteiger partial charge in [0.15, 0.2) is 0 Å². The molecule has 5 aromatic carbocycles. The number of aromatic nitrogens is 5. The molecule has 0 spiro atoms. The van der Waals surface area contributed by atoms with Crippen molar-refractivity contribution in [2.24, 2.45) is 0 Å². The van der Waals surface area contributed by atoms with Crippen molar-refractivity contribution in [3.05, 3.63) is 208 Å². The second-order valence-electron chi connectivity index (χ2n) is 9.39. The van der Waals surface area contributed by atoms with E-state index in [1.165, 1.54) is 51.3 Å². The molecule has 0 saturated heterocycles. The number of hydrogen-bond donors (Lipinski definition) is 1. The maximum atomic E-state index is 4.58. The van der Waals surface area contributed by atoms with E-state index in [0.29, 0.717) is 0 Å². The van der Waals surface area contributed by atoms with Crippen molar-refractivity contribution >= 4 is 32.3 Å². The molecule has 394 valence electrons. The van der Waals surface area contributed by atoms with Gasteiger partial charge in [-0.3, -0.25) is 4.98 Å². The highest BCUT2D eigenvalue weighted by atomic mass is 16.3. The Morgan fingerprint density at radius 3 is 0.643 bits per heavy atom. The standard InChI is InChI=1S/C14H10.C10H8.C5H5N.C4H5N.C4H4O.C3H3N3.12C2H6/c1-2-6-12-10-14-8-4-3-7-13(14)9-11(12)5-1;1-2-6-10-8-4-3-7-9(10)5-1;1-2-4-6-5-3-1;2*1-2-4-5-3-1;1-4-2-6-3-5-1;12*1-2/h1-10H;1-8H;1-5H;1-5H;1-4H;1-3H;12*1-2H3. The van der Waals surface area contributed by atoms with E-state index in [2.05, 4.69) is 139 Å². The molecule has 4 heterocycles. The van der Waals surface area contributed by atoms with E-state index < -0.39 is 0 Å². The van der Waals surface area contributed by atoms with E-state index in [4.69, 9.17) is 0 Å². The van der Waals surface area contributed by atoms with Gasteiger partial charge in [0, 0.05) is 24.8 Å². The molecule has 0 aliphatic carbocycles. The van der Waals surface area contributed by atoms with Crippen LogP contribution >= 0.6 is 0 Å². The summed E-state index contributed by atoms with van der Waals surface area (Å²) in [4.78, 5) is 17.3. The molecule has 0 saturated carbocycles. The van der Waals surface area contributed by atoms with Gasteiger partial charge in [-0.25, -0.2) is 15.0 Å². The van der Waals surface area contributed by atoms with Crippen molar-refractivity contribution in [1.29, 1.82) is 0 Å². The Morgan fingerprint density at radius 1 is 0.257 bits per heavy atom. The minimum Gasteiger partial charge on any atom is -0.473 e. The van der Waals surface area contributed by atoms with Gasteiger partial charge >= 0.3 is 0 Å². The molecule has 1 N–H and O–H groups in total. The lowest BCUT2D eigenvalue weighted by atomic mass is 10.0. The Kier molecular flexibility index (Phi) is 107. The lowest BCUT2D eigenvalue weighted by Crippen LogP contribution is -1.74. The molecule has 6 heteroatoms. The van der Waals surface area contributed by atoms with E-state index in [1.54, 1.807) is 24.9 Å². The third-order valence-electron chi connectivity index (χ3n) is 6.16. The number of pyridine rings is 1. The molecule has 0 bridgehead atoms. The van der Waals surface area contributed by atoms with Gasteiger partial charge in [0.05, 0.1) is 12.5 Å². The summed E-state index contributed by atoms with van der Waals surface area (Å²) >= 11 is 0. The van der Waals surface area contributed by atoms with E-state index >= 15 is 0 Å². The van der Waals surface area contributed by atoms with Crippen molar-refractivity contribution in [3.8, 4) is 0 Å². The first-order chi connectivity index (χ1) is 34.9. The summed E-state index contributed by atoms with van der Waals surface area (Å²) in [7, 11) is 0. The summed E-state index contributed by atoms with van der Waals surface area (Å²) in [5, 5.41) is 7.87. The number of H-pyrrole nitrogens is 1. The summed E-state index contributed by atoms with van der Waals surface area (Å²) in [5.74, 6) is 0. The molecule has 0 atom stereocenters.